The number of hydrogen-bond donors (Lipinski definition) is 2. The lowest BCUT2D eigenvalue weighted by atomic mass is 10.4. The Balaban J connectivity index is 3.10. The third-order valence-corrected chi connectivity index (χ3v) is 4.24. The number of carbonyl (C=O) groups is 2. The average molecular weight is 294 g/mol. The molecule has 1 unspecified atom stereocenters. The number of rotatable bonds is 5. The molecule has 2 N–H and O–H groups in total. The van der Waals surface area contributed by atoms with Crippen LogP contribution in [-0.4, -0.2) is 43.0 Å². The summed E-state index contributed by atoms with van der Waals surface area (Å²) < 4.78 is 33.6. The zero-order chi connectivity index (χ0) is 13.9. The number of carboxylic acids is 1. The van der Waals surface area contributed by atoms with Crippen molar-refractivity contribution in [2.24, 2.45) is 0 Å². The second-order valence-corrected chi connectivity index (χ2v) is 5.51. The smallest absolute Gasteiger partial charge is 0.359 e. The lowest BCUT2D eigenvalue weighted by Gasteiger charge is -2.09. The van der Waals surface area contributed by atoms with Crippen molar-refractivity contribution in [3.8, 4) is 0 Å². The van der Waals surface area contributed by atoms with Crippen molar-refractivity contribution in [3.63, 3.8) is 0 Å². The van der Waals surface area contributed by atoms with Gasteiger partial charge < -0.3 is 9.84 Å². The van der Waals surface area contributed by atoms with Gasteiger partial charge >= 0.3 is 11.9 Å². The number of aromatic nitrogens is 1. The molecular formula is C8H10N2O6S2. The highest BCUT2D eigenvalue weighted by Gasteiger charge is 2.28. The lowest BCUT2D eigenvalue weighted by Crippen LogP contribution is -2.38. The molecule has 0 bridgehead atoms. The van der Waals surface area contributed by atoms with Crippen LogP contribution in [0.2, 0.25) is 0 Å². The second-order valence-electron chi connectivity index (χ2n) is 3.20. The van der Waals surface area contributed by atoms with E-state index in [0.717, 1.165) is 30.9 Å². The van der Waals surface area contributed by atoms with Crippen molar-refractivity contribution in [2.75, 3.05) is 7.11 Å². The third kappa shape index (κ3) is 3.03. The molecule has 0 saturated heterocycles. The zero-order valence-corrected chi connectivity index (χ0v) is 11.0. The highest BCUT2D eigenvalue weighted by molar-refractivity contribution is 7.89. The van der Waals surface area contributed by atoms with E-state index < -0.39 is 32.9 Å². The van der Waals surface area contributed by atoms with Crippen LogP contribution in [0.1, 0.15) is 17.4 Å². The van der Waals surface area contributed by atoms with Crippen LogP contribution in [0.5, 0.6) is 0 Å². The van der Waals surface area contributed by atoms with Crippen LogP contribution < -0.4 is 4.72 Å². The molecule has 100 valence electrons. The molecule has 0 amide bonds. The molecule has 0 aliphatic heterocycles. The molecule has 8 nitrogen and oxygen atoms in total. The molecule has 0 spiro atoms. The van der Waals surface area contributed by atoms with Gasteiger partial charge in [0.1, 0.15) is 10.9 Å². The molecule has 1 atom stereocenters. The predicted octanol–water partition coefficient (Wildman–Crippen LogP) is -0.319. The number of carboxylic acid groups (broad SMARTS) is 1. The van der Waals surface area contributed by atoms with Gasteiger partial charge in [0.05, 0.1) is 7.11 Å². The van der Waals surface area contributed by atoms with Gasteiger partial charge in [-0.2, -0.15) is 9.10 Å². The van der Waals surface area contributed by atoms with Crippen LogP contribution in [0.4, 0.5) is 0 Å². The number of esters is 1. The Labute approximate surface area is 107 Å². The molecule has 1 heterocycles. The zero-order valence-electron chi connectivity index (χ0n) is 9.41. The van der Waals surface area contributed by atoms with E-state index in [0.29, 0.717) is 0 Å². The number of hydrogen-bond acceptors (Lipinski definition) is 7. The monoisotopic (exact) mass is 294 g/mol. The number of sulfonamides is 1. The summed E-state index contributed by atoms with van der Waals surface area (Å²) in [7, 11) is -3.04. The average Bonchev–Trinajstić information content (AvgIpc) is 2.76. The van der Waals surface area contributed by atoms with E-state index in [1.807, 2.05) is 4.72 Å². The second kappa shape index (κ2) is 5.42. The van der Waals surface area contributed by atoms with Crippen LogP contribution in [0, 0.1) is 0 Å². The lowest BCUT2D eigenvalue weighted by molar-refractivity contribution is -0.138. The van der Waals surface area contributed by atoms with Gasteiger partial charge in [0, 0.05) is 5.38 Å². The van der Waals surface area contributed by atoms with Gasteiger partial charge in [-0.05, 0) is 18.5 Å². The summed E-state index contributed by atoms with van der Waals surface area (Å²) in [4.78, 5) is 21.5. The van der Waals surface area contributed by atoms with E-state index in [2.05, 4.69) is 9.11 Å². The number of ether oxygens (including phenoxy) is 1. The minimum absolute atomic E-state index is 0.368. The molecule has 1 rings (SSSR count). The Kier molecular flexibility index (Phi) is 4.38. The Morgan fingerprint density at radius 2 is 2.17 bits per heavy atom. The van der Waals surface area contributed by atoms with Crippen LogP contribution in [-0.2, 0) is 19.6 Å². The number of nitrogens with zero attached hydrogens (tertiary/aromatic N) is 1. The summed E-state index contributed by atoms with van der Waals surface area (Å²) >= 11 is 0.755. The van der Waals surface area contributed by atoms with E-state index in [9.17, 15) is 18.0 Å². The first-order chi connectivity index (χ1) is 8.29. The summed E-state index contributed by atoms with van der Waals surface area (Å²) in [6.45, 7) is 1.16. The van der Waals surface area contributed by atoms with E-state index in [1.165, 1.54) is 0 Å². The Hall–Kier alpha value is -1.52. The molecule has 0 fully saturated rings. The summed E-state index contributed by atoms with van der Waals surface area (Å²) in [5, 5.41) is 9.76. The Morgan fingerprint density at radius 1 is 1.56 bits per heavy atom. The van der Waals surface area contributed by atoms with E-state index in [4.69, 9.17) is 5.11 Å². The standard InChI is InChI=1S/C8H10N2O6S2/c1-4(7(11)12)10-18(14,15)5-3-17-9-6(5)8(13)16-2/h3-4,10H,1-2H3,(H,11,12). The first-order valence-electron chi connectivity index (χ1n) is 4.57. The topological polar surface area (TPSA) is 123 Å². The molecule has 10 heteroatoms. The Morgan fingerprint density at radius 3 is 2.67 bits per heavy atom. The van der Waals surface area contributed by atoms with Gasteiger partial charge in [0.2, 0.25) is 10.0 Å². The fraction of sp³-hybridized carbons (Fsp3) is 0.375. The van der Waals surface area contributed by atoms with Crippen LogP contribution in [0.25, 0.3) is 0 Å². The maximum Gasteiger partial charge on any atom is 0.359 e. The molecule has 0 radical (unpaired) electrons. The minimum atomic E-state index is -4.13. The maximum absolute atomic E-state index is 11.8. The van der Waals surface area contributed by atoms with Crippen molar-refractivity contribution >= 4 is 33.5 Å². The van der Waals surface area contributed by atoms with Crippen LogP contribution in [0.15, 0.2) is 10.3 Å². The van der Waals surface area contributed by atoms with Gasteiger partial charge in [0.15, 0.2) is 5.69 Å². The number of methoxy groups -OCH3 is 1. The molecule has 1 aromatic heterocycles. The highest BCUT2D eigenvalue weighted by atomic mass is 32.2. The molecule has 0 aliphatic carbocycles. The van der Waals surface area contributed by atoms with Gasteiger partial charge in [-0.3, -0.25) is 4.79 Å². The van der Waals surface area contributed by atoms with Crippen molar-refractivity contribution in [2.45, 2.75) is 17.9 Å². The molecule has 1 aromatic rings. The van der Waals surface area contributed by atoms with Crippen molar-refractivity contribution in [1.82, 2.24) is 9.10 Å². The molecule has 18 heavy (non-hydrogen) atoms. The van der Waals surface area contributed by atoms with Gasteiger partial charge in [-0.25, -0.2) is 13.2 Å². The van der Waals surface area contributed by atoms with Gasteiger partial charge in [-0.1, -0.05) is 0 Å². The van der Waals surface area contributed by atoms with Gasteiger partial charge in [-0.15, -0.1) is 0 Å². The van der Waals surface area contributed by atoms with Crippen LogP contribution in [0.3, 0.4) is 0 Å². The normalized spacial score (nSPS) is 13.0. The number of carbonyl (C=O) groups excluding carboxylic acids is 1. The third-order valence-electron chi connectivity index (χ3n) is 1.91. The van der Waals surface area contributed by atoms with E-state index in [-0.39, 0.29) is 5.69 Å². The maximum atomic E-state index is 11.8. The fourth-order valence-corrected chi connectivity index (χ4v) is 3.31. The summed E-state index contributed by atoms with van der Waals surface area (Å²) in [6.07, 6.45) is 0. The van der Waals surface area contributed by atoms with Crippen molar-refractivity contribution in [3.05, 3.63) is 11.1 Å². The molecule has 0 aliphatic rings. The highest BCUT2D eigenvalue weighted by Crippen LogP contribution is 2.18. The quantitative estimate of drug-likeness (QED) is 0.713. The fourth-order valence-electron chi connectivity index (χ4n) is 0.999. The summed E-state index contributed by atoms with van der Waals surface area (Å²) in [5.74, 6) is -2.24. The first-order valence-corrected chi connectivity index (χ1v) is 6.89. The SMILES string of the molecule is COC(=O)c1nscc1S(=O)(=O)NC(C)C(=O)O. The summed E-state index contributed by atoms with van der Waals surface area (Å²) in [6, 6.07) is -1.32. The predicted molar refractivity (Wildman–Crippen MR) is 60.9 cm³/mol. The molecule has 0 saturated carbocycles. The minimum Gasteiger partial charge on any atom is -0.480 e. The molecule has 0 aromatic carbocycles. The first kappa shape index (κ1) is 14.5. The largest absolute Gasteiger partial charge is 0.480 e. The molecular weight excluding hydrogens is 284 g/mol. The van der Waals surface area contributed by atoms with Gasteiger partial charge in [0.25, 0.3) is 0 Å². The van der Waals surface area contributed by atoms with Crippen molar-refractivity contribution in [1.29, 1.82) is 0 Å². The van der Waals surface area contributed by atoms with E-state index >= 15 is 0 Å². The number of nitrogens with one attached hydrogen (secondary N) is 1. The summed E-state index contributed by atoms with van der Waals surface area (Å²) in [5.41, 5.74) is -0.368. The Bertz CT molecular complexity index is 564. The van der Waals surface area contributed by atoms with Crippen molar-refractivity contribution < 1.29 is 27.9 Å². The van der Waals surface area contributed by atoms with Crippen LogP contribution >= 0.6 is 11.5 Å². The number of aliphatic carboxylic acids is 1. The van der Waals surface area contributed by atoms with E-state index in [1.54, 1.807) is 0 Å².